The van der Waals surface area contributed by atoms with Crippen molar-refractivity contribution in [2.24, 2.45) is 0 Å². The Kier molecular flexibility index (Phi) is 4.63. The van der Waals surface area contributed by atoms with Crippen molar-refractivity contribution in [1.29, 1.82) is 0 Å². The molecule has 0 spiro atoms. The average molecular weight is 210 g/mol. The Morgan fingerprint density at radius 1 is 1.60 bits per heavy atom. The Morgan fingerprint density at radius 3 is 3.00 bits per heavy atom. The van der Waals surface area contributed by atoms with Crippen LogP contribution in [0, 0.1) is 0 Å². The number of allylic oxidation sites excluding steroid dienone is 1. The van der Waals surface area contributed by atoms with Gasteiger partial charge in [0.2, 0.25) is 5.76 Å². The quantitative estimate of drug-likeness (QED) is 0.554. The first-order chi connectivity index (χ1) is 7.24. The van der Waals surface area contributed by atoms with E-state index in [0.29, 0.717) is 19.0 Å². The molecule has 0 saturated carbocycles. The second kappa shape index (κ2) is 6.03. The van der Waals surface area contributed by atoms with Gasteiger partial charge in [-0.25, -0.2) is 4.79 Å². The molecule has 1 rings (SSSR count). The third kappa shape index (κ3) is 3.99. The topological polar surface area (TPSA) is 59.7 Å². The molecule has 1 aromatic heterocycles. The van der Waals surface area contributed by atoms with Crippen molar-refractivity contribution in [1.82, 2.24) is 0 Å². The van der Waals surface area contributed by atoms with Crippen LogP contribution in [0.25, 0.3) is 0 Å². The third-order valence-electron chi connectivity index (χ3n) is 1.81. The van der Waals surface area contributed by atoms with Gasteiger partial charge in [0.15, 0.2) is 0 Å². The summed E-state index contributed by atoms with van der Waals surface area (Å²) >= 11 is 0. The Balaban J connectivity index is 2.25. The number of hydrogen-bond donors (Lipinski definition) is 1. The minimum absolute atomic E-state index is 0.0558. The lowest BCUT2D eigenvalue weighted by molar-refractivity contribution is 0.0647. The maximum Gasteiger partial charge on any atom is 0.371 e. The second-order valence-electron chi connectivity index (χ2n) is 3.05. The Hall–Kier alpha value is -1.55. The molecule has 0 atom stereocenters. The van der Waals surface area contributed by atoms with E-state index in [0.717, 1.165) is 12.8 Å². The predicted molar refractivity (Wildman–Crippen MR) is 54.8 cm³/mol. The molecule has 0 fully saturated rings. The van der Waals surface area contributed by atoms with Gasteiger partial charge < -0.3 is 14.3 Å². The largest absolute Gasteiger partial charge is 0.475 e. The molecular formula is C11H14O4. The molecule has 0 bridgehead atoms. The molecule has 0 aromatic carbocycles. The number of furan rings is 1. The lowest BCUT2D eigenvalue weighted by atomic mass is 10.3. The van der Waals surface area contributed by atoms with Crippen molar-refractivity contribution in [3.8, 4) is 0 Å². The van der Waals surface area contributed by atoms with Crippen LogP contribution in [-0.4, -0.2) is 17.7 Å². The van der Waals surface area contributed by atoms with E-state index in [1.54, 1.807) is 6.07 Å². The Bertz CT molecular complexity index is 327. The zero-order valence-electron chi connectivity index (χ0n) is 8.44. The van der Waals surface area contributed by atoms with Crippen LogP contribution in [0.15, 0.2) is 29.2 Å². The third-order valence-corrected chi connectivity index (χ3v) is 1.81. The standard InChI is InChI=1S/C11H14O4/c1-2-3-4-7-14-8-9-5-6-10(15-9)11(12)13/h2,5-6H,1,3-4,7-8H2,(H,12,13). The molecule has 0 aliphatic heterocycles. The van der Waals surface area contributed by atoms with Crippen LogP contribution in [0.1, 0.15) is 29.2 Å². The van der Waals surface area contributed by atoms with Crippen LogP contribution in [0.2, 0.25) is 0 Å². The molecule has 4 nitrogen and oxygen atoms in total. The van der Waals surface area contributed by atoms with E-state index < -0.39 is 5.97 Å². The van der Waals surface area contributed by atoms with Crippen molar-refractivity contribution >= 4 is 5.97 Å². The van der Waals surface area contributed by atoms with Gasteiger partial charge in [-0.3, -0.25) is 0 Å². The molecule has 0 aliphatic rings. The van der Waals surface area contributed by atoms with E-state index >= 15 is 0 Å². The summed E-state index contributed by atoms with van der Waals surface area (Å²) in [6, 6.07) is 3.03. The number of unbranched alkanes of at least 4 members (excludes halogenated alkanes) is 1. The van der Waals surface area contributed by atoms with Crippen molar-refractivity contribution in [3.63, 3.8) is 0 Å². The maximum atomic E-state index is 10.5. The summed E-state index contributed by atoms with van der Waals surface area (Å²) in [4.78, 5) is 10.5. The van der Waals surface area contributed by atoms with Crippen LogP contribution in [0.3, 0.4) is 0 Å². The predicted octanol–water partition coefficient (Wildman–Crippen LogP) is 2.46. The van der Waals surface area contributed by atoms with Gasteiger partial charge in [0, 0.05) is 6.61 Å². The van der Waals surface area contributed by atoms with E-state index in [-0.39, 0.29) is 5.76 Å². The highest BCUT2D eigenvalue weighted by Crippen LogP contribution is 2.09. The average Bonchev–Trinajstić information content (AvgIpc) is 2.66. The Morgan fingerprint density at radius 2 is 2.40 bits per heavy atom. The van der Waals surface area contributed by atoms with Gasteiger partial charge in [-0.15, -0.1) is 6.58 Å². The Labute approximate surface area is 88.2 Å². The molecule has 1 heterocycles. The van der Waals surface area contributed by atoms with Crippen LogP contribution < -0.4 is 0 Å². The first-order valence-corrected chi connectivity index (χ1v) is 4.74. The van der Waals surface area contributed by atoms with Gasteiger partial charge in [-0.2, -0.15) is 0 Å². The SMILES string of the molecule is C=CCCCOCc1ccc(C(=O)O)o1. The van der Waals surface area contributed by atoms with Crippen LogP contribution in [-0.2, 0) is 11.3 Å². The number of carboxylic acid groups (broad SMARTS) is 1. The van der Waals surface area contributed by atoms with Crippen LogP contribution in [0.5, 0.6) is 0 Å². The fraction of sp³-hybridized carbons (Fsp3) is 0.364. The first-order valence-electron chi connectivity index (χ1n) is 4.74. The van der Waals surface area contributed by atoms with E-state index in [2.05, 4.69) is 6.58 Å². The van der Waals surface area contributed by atoms with Crippen LogP contribution in [0.4, 0.5) is 0 Å². The lowest BCUT2D eigenvalue weighted by Gasteiger charge is -1.99. The van der Waals surface area contributed by atoms with Crippen molar-refractivity contribution in [2.75, 3.05) is 6.61 Å². The smallest absolute Gasteiger partial charge is 0.371 e. The van der Waals surface area contributed by atoms with E-state index in [9.17, 15) is 4.79 Å². The van der Waals surface area contributed by atoms with Gasteiger partial charge in [0.05, 0.1) is 0 Å². The normalized spacial score (nSPS) is 10.1. The number of aromatic carboxylic acids is 1. The maximum absolute atomic E-state index is 10.5. The molecule has 0 unspecified atom stereocenters. The molecule has 1 N–H and O–H groups in total. The summed E-state index contributed by atoms with van der Waals surface area (Å²) in [6.45, 7) is 4.53. The lowest BCUT2D eigenvalue weighted by Crippen LogP contribution is -1.95. The van der Waals surface area contributed by atoms with Crippen molar-refractivity contribution in [3.05, 3.63) is 36.3 Å². The molecule has 0 amide bonds. The first kappa shape index (κ1) is 11.5. The highest BCUT2D eigenvalue weighted by molar-refractivity contribution is 5.84. The summed E-state index contributed by atoms with van der Waals surface area (Å²) in [5, 5.41) is 8.59. The summed E-state index contributed by atoms with van der Waals surface area (Å²) in [5.74, 6) is -0.585. The van der Waals surface area contributed by atoms with Crippen molar-refractivity contribution < 1.29 is 19.1 Å². The second-order valence-corrected chi connectivity index (χ2v) is 3.05. The minimum atomic E-state index is -1.06. The van der Waals surface area contributed by atoms with Crippen LogP contribution >= 0.6 is 0 Å². The van der Waals surface area contributed by atoms with Gasteiger partial charge in [0.25, 0.3) is 0 Å². The van der Waals surface area contributed by atoms with E-state index in [1.807, 2.05) is 6.08 Å². The number of carboxylic acids is 1. The van der Waals surface area contributed by atoms with E-state index in [4.69, 9.17) is 14.3 Å². The highest BCUT2D eigenvalue weighted by atomic mass is 16.5. The van der Waals surface area contributed by atoms with Gasteiger partial charge in [-0.1, -0.05) is 6.08 Å². The molecule has 15 heavy (non-hydrogen) atoms. The molecule has 0 saturated heterocycles. The van der Waals surface area contributed by atoms with Crippen molar-refractivity contribution in [2.45, 2.75) is 19.4 Å². The van der Waals surface area contributed by atoms with Gasteiger partial charge in [-0.05, 0) is 25.0 Å². The molecule has 0 aliphatic carbocycles. The molecule has 4 heteroatoms. The number of carbonyl (C=O) groups is 1. The molecule has 82 valence electrons. The summed E-state index contributed by atoms with van der Waals surface area (Å²) in [5.41, 5.74) is 0. The molecule has 1 aromatic rings. The highest BCUT2D eigenvalue weighted by Gasteiger charge is 2.08. The number of rotatable bonds is 7. The zero-order valence-corrected chi connectivity index (χ0v) is 8.44. The minimum Gasteiger partial charge on any atom is -0.475 e. The van der Waals surface area contributed by atoms with Gasteiger partial charge >= 0.3 is 5.97 Å². The number of ether oxygens (including phenoxy) is 1. The summed E-state index contributed by atoms with van der Waals surface area (Å²) < 4.78 is 10.3. The van der Waals surface area contributed by atoms with Gasteiger partial charge in [0.1, 0.15) is 12.4 Å². The molecule has 0 radical (unpaired) electrons. The summed E-state index contributed by atoms with van der Waals surface area (Å²) in [7, 11) is 0. The monoisotopic (exact) mass is 210 g/mol. The zero-order chi connectivity index (χ0) is 11.1. The fourth-order valence-electron chi connectivity index (χ4n) is 1.07. The molecular weight excluding hydrogens is 196 g/mol. The number of hydrogen-bond acceptors (Lipinski definition) is 3. The summed E-state index contributed by atoms with van der Waals surface area (Å²) in [6.07, 6.45) is 3.66. The fourth-order valence-corrected chi connectivity index (χ4v) is 1.07. The van der Waals surface area contributed by atoms with E-state index in [1.165, 1.54) is 6.07 Å².